The van der Waals surface area contributed by atoms with Crippen LogP contribution < -0.4 is 31.8 Å². The summed E-state index contributed by atoms with van der Waals surface area (Å²) in [5, 5.41) is 36.8. The van der Waals surface area contributed by atoms with Gasteiger partial charge in [-0.3, -0.25) is 0 Å². The van der Waals surface area contributed by atoms with Crippen molar-refractivity contribution < 1.29 is 32.2 Å². The zero-order valence-corrected chi connectivity index (χ0v) is 33.7. The van der Waals surface area contributed by atoms with Crippen LogP contribution in [0.4, 0.5) is 11.6 Å². The van der Waals surface area contributed by atoms with Crippen molar-refractivity contribution in [3.8, 4) is 0 Å². The largest absolute Gasteiger partial charge is 1.00 e. The maximum atomic E-state index is 10.4. The first kappa shape index (κ1) is 41.4. The van der Waals surface area contributed by atoms with Gasteiger partial charge in [0.1, 0.15) is 31.8 Å². The maximum absolute atomic E-state index is 10.4. The van der Waals surface area contributed by atoms with Gasteiger partial charge in [0.15, 0.2) is 0 Å². The van der Waals surface area contributed by atoms with E-state index in [-0.39, 0.29) is 34.0 Å². The van der Waals surface area contributed by atoms with Gasteiger partial charge in [0.05, 0.1) is 28.0 Å². The molecular formula is C42H38AgBN6O4P2+2. The first-order valence-corrected chi connectivity index (χ1v) is 20.6. The standard InChI is InChI=1S/2C18H15P.C6H6BN6O4.Ag/c2*1-4-10-16(11-5-1)19(17-12-6-2-7-13-17)18-14-8-3-9-15-18;14-12(15)5-1-3-10(8-5)7-11-4-2-6(9-11)13(16)17;/h2*1-15H;1-4H,7H2;/q;;-1;+1/p+2. The zero-order valence-electron chi connectivity index (χ0n) is 30.2. The smallest absolute Gasteiger partial charge is 0.358 e. The molecule has 8 rings (SSSR count). The number of nitro groups is 2. The molecule has 0 aliphatic carbocycles. The summed E-state index contributed by atoms with van der Waals surface area (Å²) in [5.74, 6) is -0.509. The Bertz CT molecular complexity index is 2020. The maximum Gasteiger partial charge on any atom is 1.00 e. The Kier molecular flexibility index (Phi) is 15.8. The van der Waals surface area contributed by atoms with Gasteiger partial charge in [-0.2, -0.15) is 0 Å². The average Bonchev–Trinajstić information content (AvgIpc) is 3.92. The van der Waals surface area contributed by atoms with Gasteiger partial charge in [0, 0.05) is 22.6 Å². The van der Waals surface area contributed by atoms with Gasteiger partial charge in [-0.05, 0) is 82.6 Å². The van der Waals surface area contributed by atoms with Crippen LogP contribution in [0, 0.1) is 20.2 Å². The molecule has 0 bridgehead atoms. The van der Waals surface area contributed by atoms with E-state index in [1.54, 1.807) is 0 Å². The third-order valence-electron chi connectivity index (χ3n) is 8.56. The molecule has 0 unspecified atom stereocenters. The Balaban J connectivity index is 0.000000160. The van der Waals surface area contributed by atoms with E-state index in [9.17, 15) is 20.2 Å². The fraction of sp³-hybridized carbons (Fsp3) is 0. The molecule has 6 aromatic carbocycles. The van der Waals surface area contributed by atoms with Gasteiger partial charge in [-0.25, -0.2) is 0 Å². The molecule has 0 spiro atoms. The number of benzene rings is 6. The van der Waals surface area contributed by atoms with E-state index in [4.69, 9.17) is 0 Å². The zero-order chi connectivity index (χ0) is 38.2. The van der Waals surface area contributed by atoms with E-state index in [0.717, 1.165) is 0 Å². The summed E-state index contributed by atoms with van der Waals surface area (Å²) < 4.78 is 2.77. The quantitative estimate of drug-likeness (QED) is 0.0760. The molecule has 2 heterocycles. The Morgan fingerprint density at radius 2 is 0.607 bits per heavy atom. The second kappa shape index (κ2) is 21.3. The fourth-order valence-corrected chi connectivity index (χ4v) is 11.2. The minimum absolute atomic E-state index is 0. The Morgan fingerprint density at radius 1 is 0.393 bits per heavy atom. The minimum Gasteiger partial charge on any atom is -0.358 e. The molecular weight excluding hydrogens is 833 g/mol. The Hall–Kier alpha value is -5.79. The Morgan fingerprint density at radius 3 is 0.786 bits per heavy atom. The second-order valence-electron chi connectivity index (χ2n) is 12.4. The van der Waals surface area contributed by atoms with Crippen molar-refractivity contribution in [2.45, 2.75) is 0 Å². The van der Waals surface area contributed by atoms with Crippen molar-refractivity contribution in [2.75, 3.05) is 0 Å². The van der Waals surface area contributed by atoms with Crippen LogP contribution in [-0.2, 0) is 22.4 Å². The van der Waals surface area contributed by atoms with Gasteiger partial charge in [-0.1, -0.05) is 109 Å². The third-order valence-corrected chi connectivity index (χ3v) is 14.0. The van der Waals surface area contributed by atoms with Gasteiger partial charge < -0.3 is 29.4 Å². The number of rotatable bonds is 10. The van der Waals surface area contributed by atoms with Crippen LogP contribution in [0.3, 0.4) is 0 Å². The summed E-state index contributed by atoms with van der Waals surface area (Å²) in [6, 6.07) is 67.5. The van der Waals surface area contributed by atoms with Crippen LogP contribution in [0.1, 0.15) is 0 Å². The molecule has 0 N–H and O–H groups in total. The van der Waals surface area contributed by atoms with Crippen molar-refractivity contribution in [3.05, 3.63) is 227 Å². The molecule has 0 amide bonds. The van der Waals surface area contributed by atoms with E-state index in [2.05, 4.69) is 192 Å². The molecule has 8 aromatic rings. The van der Waals surface area contributed by atoms with Crippen LogP contribution in [0.25, 0.3) is 0 Å². The molecule has 10 nitrogen and oxygen atoms in total. The van der Waals surface area contributed by atoms with Crippen LogP contribution in [0.2, 0.25) is 0 Å². The van der Waals surface area contributed by atoms with Crippen molar-refractivity contribution in [3.63, 3.8) is 0 Å². The predicted molar refractivity (Wildman–Crippen MR) is 230 cm³/mol. The van der Waals surface area contributed by atoms with Gasteiger partial charge in [-0.15, -0.1) is 0 Å². The van der Waals surface area contributed by atoms with Gasteiger partial charge >= 0.3 is 34.0 Å². The first-order valence-electron chi connectivity index (χ1n) is 17.6. The summed E-state index contributed by atoms with van der Waals surface area (Å²) in [5.41, 5.74) is 0. The molecule has 0 fully saturated rings. The van der Waals surface area contributed by atoms with Crippen LogP contribution in [-0.4, -0.2) is 36.8 Å². The summed E-state index contributed by atoms with van der Waals surface area (Å²) in [6.07, 6.45) is 2.90. The number of nitrogens with zero attached hydrogens (tertiary/aromatic N) is 6. The van der Waals surface area contributed by atoms with Crippen molar-refractivity contribution in [1.82, 2.24) is 19.4 Å². The van der Waals surface area contributed by atoms with E-state index in [1.165, 1.54) is 65.5 Å². The fourth-order valence-electron chi connectivity index (χ4n) is 6.06. The van der Waals surface area contributed by atoms with Crippen LogP contribution in [0.5, 0.6) is 0 Å². The predicted octanol–water partition coefficient (Wildman–Crippen LogP) is 5.64. The van der Waals surface area contributed by atoms with E-state index < -0.39 is 33.2 Å². The van der Waals surface area contributed by atoms with Crippen molar-refractivity contribution in [1.29, 1.82) is 0 Å². The Labute approximate surface area is 343 Å². The molecule has 0 aliphatic rings. The van der Waals surface area contributed by atoms with Crippen LogP contribution >= 0.6 is 15.8 Å². The summed E-state index contributed by atoms with van der Waals surface area (Å²) in [7, 11) is -2.88. The van der Waals surface area contributed by atoms with Crippen molar-refractivity contribution >= 4 is 66.9 Å². The molecule has 0 atom stereocenters. The van der Waals surface area contributed by atoms with Crippen LogP contribution in [0.15, 0.2) is 207 Å². The number of hydrogen-bond acceptors (Lipinski definition) is 6. The topological polar surface area (TPSA) is 122 Å². The molecule has 0 radical (unpaired) electrons. The number of hydrogen-bond donors (Lipinski definition) is 0. The molecule has 0 aliphatic heterocycles. The van der Waals surface area contributed by atoms with E-state index in [1.807, 2.05) is 0 Å². The summed E-state index contributed by atoms with van der Waals surface area (Å²) in [6.45, 7) is 0. The third kappa shape index (κ3) is 11.6. The van der Waals surface area contributed by atoms with Crippen molar-refractivity contribution in [2.24, 2.45) is 0 Å². The van der Waals surface area contributed by atoms with E-state index >= 15 is 0 Å². The summed E-state index contributed by atoms with van der Waals surface area (Å²) in [4.78, 5) is 19.6. The first-order chi connectivity index (χ1) is 27.0. The van der Waals surface area contributed by atoms with Gasteiger partial charge in [0.2, 0.25) is 7.55 Å². The summed E-state index contributed by atoms with van der Waals surface area (Å²) >= 11 is 0. The van der Waals surface area contributed by atoms with E-state index in [0.29, 0.717) is 0 Å². The molecule has 14 heteroatoms. The molecule has 56 heavy (non-hydrogen) atoms. The normalized spacial score (nSPS) is 10.3. The second-order valence-corrected chi connectivity index (χ2v) is 17.3. The molecule has 0 saturated carbocycles. The minimum atomic E-state index is -1.12. The number of aromatic nitrogens is 4. The average molecular weight is 871 g/mol. The molecule has 2 aromatic heterocycles. The SMILES string of the molecule is O=[N+]([O-])c1ccn([BH2-]n2ccc([N+](=O)[O-])n2)n1.[Ag+].c1ccc([PH+](c2ccccc2)c2ccccc2)cc1.c1ccc([PH+](c2ccccc2)c2ccccc2)cc1. The molecule has 282 valence electrons. The van der Waals surface area contributed by atoms with Gasteiger partial charge in [0.25, 0.3) is 0 Å². The molecule has 0 saturated heterocycles. The monoisotopic (exact) mass is 870 g/mol.